The van der Waals surface area contributed by atoms with Crippen molar-refractivity contribution < 1.29 is 9.50 Å². The predicted octanol–water partition coefficient (Wildman–Crippen LogP) is 3.19. The van der Waals surface area contributed by atoms with Gasteiger partial charge in [-0.15, -0.1) is 0 Å². The second kappa shape index (κ2) is 6.28. The third-order valence-corrected chi connectivity index (χ3v) is 3.49. The molecule has 2 unspecified atom stereocenters. The van der Waals surface area contributed by atoms with Crippen molar-refractivity contribution in [2.45, 2.75) is 18.6 Å². The van der Waals surface area contributed by atoms with Gasteiger partial charge in [0.2, 0.25) is 0 Å². The van der Waals surface area contributed by atoms with Crippen LogP contribution in [0.15, 0.2) is 53.0 Å². The molecule has 2 aromatic rings. The van der Waals surface area contributed by atoms with E-state index >= 15 is 0 Å². The van der Waals surface area contributed by atoms with Crippen LogP contribution in [0.1, 0.15) is 17.2 Å². The van der Waals surface area contributed by atoms with Gasteiger partial charge in [-0.05, 0) is 24.1 Å². The minimum absolute atomic E-state index is 0.228. The number of hydrogen-bond acceptors (Lipinski definition) is 2. The highest BCUT2D eigenvalue weighted by molar-refractivity contribution is 9.10. The molecule has 0 fully saturated rings. The summed E-state index contributed by atoms with van der Waals surface area (Å²) in [7, 11) is 0. The number of aliphatic hydroxyl groups excluding tert-OH is 1. The first-order chi connectivity index (χ1) is 9.08. The highest BCUT2D eigenvalue weighted by Gasteiger charge is 2.20. The van der Waals surface area contributed by atoms with E-state index in [1.54, 1.807) is 12.1 Å². The van der Waals surface area contributed by atoms with Crippen LogP contribution in [0.2, 0.25) is 0 Å². The summed E-state index contributed by atoms with van der Waals surface area (Å²) in [6.45, 7) is 0. The SMILES string of the molecule is NC(Cc1ccccc1)C(O)c1ccc(Br)cc1F. The van der Waals surface area contributed by atoms with Crippen LogP contribution < -0.4 is 5.73 Å². The first-order valence-electron chi connectivity index (χ1n) is 6.00. The predicted molar refractivity (Wildman–Crippen MR) is 77.2 cm³/mol. The lowest BCUT2D eigenvalue weighted by molar-refractivity contribution is 0.142. The zero-order valence-corrected chi connectivity index (χ0v) is 11.8. The second-order valence-corrected chi connectivity index (χ2v) is 5.38. The van der Waals surface area contributed by atoms with Crippen LogP contribution in [0.25, 0.3) is 0 Å². The minimum Gasteiger partial charge on any atom is -0.387 e. The molecule has 0 spiro atoms. The number of halogens is 2. The molecule has 0 saturated heterocycles. The minimum atomic E-state index is -1.02. The molecule has 0 radical (unpaired) electrons. The van der Waals surface area contributed by atoms with Crippen molar-refractivity contribution in [1.82, 2.24) is 0 Å². The Morgan fingerprint density at radius 3 is 2.47 bits per heavy atom. The molecule has 2 nitrogen and oxygen atoms in total. The summed E-state index contributed by atoms with van der Waals surface area (Å²) in [4.78, 5) is 0. The Balaban J connectivity index is 2.12. The summed E-state index contributed by atoms with van der Waals surface area (Å²) < 4.78 is 14.4. The van der Waals surface area contributed by atoms with Crippen LogP contribution in [-0.4, -0.2) is 11.1 Å². The van der Waals surface area contributed by atoms with Crippen LogP contribution in [0.3, 0.4) is 0 Å². The number of rotatable bonds is 4. The summed E-state index contributed by atoms with van der Waals surface area (Å²) in [5, 5.41) is 10.1. The van der Waals surface area contributed by atoms with Gasteiger partial charge in [0.15, 0.2) is 0 Å². The molecule has 2 atom stereocenters. The Morgan fingerprint density at radius 1 is 1.16 bits per heavy atom. The zero-order chi connectivity index (χ0) is 13.8. The van der Waals surface area contributed by atoms with E-state index in [0.717, 1.165) is 5.56 Å². The number of aliphatic hydroxyl groups is 1. The molecule has 0 aliphatic carbocycles. The molecule has 0 bridgehead atoms. The van der Waals surface area contributed by atoms with Crippen LogP contribution in [-0.2, 0) is 6.42 Å². The van der Waals surface area contributed by atoms with Gasteiger partial charge in [0.25, 0.3) is 0 Å². The molecule has 2 rings (SSSR count). The first kappa shape index (κ1) is 14.2. The fourth-order valence-electron chi connectivity index (χ4n) is 1.97. The largest absolute Gasteiger partial charge is 0.387 e. The molecule has 19 heavy (non-hydrogen) atoms. The van der Waals surface area contributed by atoms with Crippen molar-refractivity contribution in [3.63, 3.8) is 0 Å². The van der Waals surface area contributed by atoms with Crippen molar-refractivity contribution >= 4 is 15.9 Å². The van der Waals surface area contributed by atoms with Gasteiger partial charge in [-0.25, -0.2) is 4.39 Å². The van der Waals surface area contributed by atoms with E-state index in [4.69, 9.17) is 5.73 Å². The smallest absolute Gasteiger partial charge is 0.130 e. The molecule has 0 heterocycles. The fraction of sp³-hybridized carbons (Fsp3) is 0.200. The van der Waals surface area contributed by atoms with E-state index in [9.17, 15) is 9.50 Å². The Bertz CT molecular complexity index is 547. The van der Waals surface area contributed by atoms with Crippen molar-refractivity contribution in [3.8, 4) is 0 Å². The van der Waals surface area contributed by atoms with Crippen LogP contribution in [0.5, 0.6) is 0 Å². The van der Waals surface area contributed by atoms with Gasteiger partial charge in [-0.3, -0.25) is 0 Å². The van der Waals surface area contributed by atoms with Gasteiger partial charge >= 0.3 is 0 Å². The second-order valence-electron chi connectivity index (χ2n) is 4.46. The monoisotopic (exact) mass is 323 g/mol. The fourth-order valence-corrected chi connectivity index (χ4v) is 2.30. The molecule has 4 heteroatoms. The number of benzene rings is 2. The Kier molecular flexibility index (Phi) is 4.69. The molecule has 0 aliphatic rings. The van der Waals surface area contributed by atoms with Crippen LogP contribution in [0, 0.1) is 5.82 Å². The molecule has 0 aliphatic heterocycles. The molecule has 0 aromatic heterocycles. The summed E-state index contributed by atoms with van der Waals surface area (Å²) in [5.41, 5.74) is 7.21. The molecular formula is C15H15BrFNO. The van der Waals surface area contributed by atoms with Gasteiger partial charge < -0.3 is 10.8 Å². The molecule has 100 valence electrons. The number of nitrogens with two attached hydrogens (primary N) is 1. The van der Waals surface area contributed by atoms with E-state index in [1.807, 2.05) is 30.3 Å². The van der Waals surface area contributed by atoms with E-state index in [0.29, 0.717) is 10.9 Å². The maximum atomic E-state index is 13.8. The van der Waals surface area contributed by atoms with Gasteiger partial charge in [-0.2, -0.15) is 0 Å². The van der Waals surface area contributed by atoms with E-state index in [-0.39, 0.29) is 5.56 Å². The highest BCUT2D eigenvalue weighted by atomic mass is 79.9. The topological polar surface area (TPSA) is 46.2 Å². The standard InChI is InChI=1S/C15H15BrFNO/c16-11-6-7-12(13(17)9-11)15(19)14(18)8-10-4-2-1-3-5-10/h1-7,9,14-15,19H,8,18H2. The van der Waals surface area contributed by atoms with Gasteiger partial charge in [0, 0.05) is 16.1 Å². The maximum absolute atomic E-state index is 13.8. The maximum Gasteiger partial charge on any atom is 0.130 e. The number of hydrogen-bond donors (Lipinski definition) is 2. The van der Waals surface area contributed by atoms with Crippen molar-refractivity contribution in [2.75, 3.05) is 0 Å². The average Bonchev–Trinajstić information content (AvgIpc) is 2.39. The molecule has 0 saturated carbocycles. The average molecular weight is 324 g/mol. The third kappa shape index (κ3) is 3.62. The lowest BCUT2D eigenvalue weighted by atomic mass is 9.96. The van der Waals surface area contributed by atoms with Gasteiger partial charge in [0.1, 0.15) is 5.82 Å². The highest BCUT2D eigenvalue weighted by Crippen LogP contribution is 2.24. The summed E-state index contributed by atoms with van der Waals surface area (Å²) in [6, 6.07) is 13.6. The Morgan fingerprint density at radius 2 is 1.84 bits per heavy atom. The van der Waals surface area contributed by atoms with Crippen molar-refractivity contribution in [2.24, 2.45) is 5.73 Å². The van der Waals surface area contributed by atoms with E-state index in [2.05, 4.69) is 15.9 Å². The lowest BCUT2D eigenvalue weighted by Gasteiger charge is -2.20. The van der Waals surface area contributed by atoms with Crippen LogP contribution >= 0.6 is 15.9 Å². The Hall–Kier alpha value is -1.23. The molecule has 2 aromatic carbocycles. The van der Waals surface area contributed by atoms with E-state index < -0.39 is 18.0 Å². The van der Waals surface area contributed by atoms with E-state index in [1.165, 1.54) is 6.07 Å². The zero-order valence-electron chi connectivity index (χ0n) is 10.3. The molecule has 0 amide bonds. The van der Waals surface area contributed by atoms with Crippen LogP contribution in [0.4, 0.5) is 4.39 Å². The summed E-state index contributed by atoms with van der Waals surface area (Å²) in [5.74, 6) is -0.453. The van der Waals surface area contributed by atoms with Gasteiger partial charge in [0.05, 0.1) is 6.10 Å². The summed E-state index contributed by atoms with van der Waals surface area (Å²) >= 11 is 3.18. The van der Waals surface area contributed by atoms with Crippen molar-refractivity contribution in [3.05, 3.63) is 69.9 Å². The third-order valence-electron chi connectivity index (χ3n) is 3.00. The molecule has 3 N–H and O–H groups in total. The summed E-state index contributed by atoms with van der Waals surface area (Å²) in [6.07, 6.45) is -0.523. The Labute approximate surface area is 120 Å². The van der Waals surface area contributed by atoms with Crippen molar-refractivity contribution in [1.29, 1.82) is 0 Å². The lowest BCUT2D eigenvalue weighted by Crippen LogP contribution is -2.31. The first-order valence-corrected chi connectivity index (χ1v) is 6.80. The molecular weight excluding hydrogens is 309 g/mol. The quantitative estimate of drug-likeness (QED) is 0.907. The normalized spacial score (nSPS) is 14.1. The van der Waals surface area contributed by atoms with Gasteiger partial charge in [-0.1, -0.05) is 52.3 Å².